The third-order valence-corrected chi connectivity index (χ3v) is 8.11. The predicted molar refractivity (Wildman–Crippen MR) is 139 cm³/mol. The molecule has 0 unspecified atom stereocenters. The standard InChI is InChI=1S/C29H31N5O2/c1-19-25-17-32-27(33-28(35)26-14-29(26)9-10-34(2)18-29)13-24(25)22(16-30-19)4-6-23-5-3-21(15-31-23)20-7-11-36-12-8-20/h3,5,13,15-17,20,26H,7-12,14,18H2,1-2H3,(H,32,33,35)/t26-,29+/m0/s1. The molecule has 0 bridgehead atoms. The van der Waals surface area contributed by atoms with E-state index in [1.165, 1.54) is 5.56 Å². The van der Waals surface area contributed by atoms with Gasteiger partial charge in [0.25, 0.3) is 0 Å². The van der Waals surface area contributed by atoms with Crippen molar-refractivity contribution in [2.45, 2.75) is 38.5 Å². The van der Waals surface area contributed by atoms with Crippen LogP contribution in [0.15, 0.2) is 36.8 Å². The number of nitrogens with zero attached hydrogens (tertiary/aromatic N) is 4. The third kappa shape index (κ3) is 4.47. The van der Waals surface area contributed by atoms with E-state index in [0.29, 0.717) is 11.7 Å². The van der Waals surface area contributed by atoms with E-state index >= 15 is 0 Å². The lowest BCUT2D eigenvalue weighted by Crippen LogP contribution is -2.21. The number of hydrogen-bond donors (Lipinski definition) is 1. The van der Waals surface area contributed by atoms with E-state index < -0.39 is 0 Å². The van der Waals surface area contributed by atoms with Crippen molar-refractivity contribution in [1.29, 1.82) is 0 Å². The van der Waals surface area contributed by atoms with Gasteiger partial charge in [-0.05, 0) is 81.1 Å². The van der Waals surface area contributed by atoms with E-state index in [1.807, 2.05) is 25.3 Å². The van der Waals surface area contributed by atoms with E-state index in [9.17, 15) is 4.79 Å². The molecule has 7 heteroatoms. The molecule has 6 rings (SSSR count). The topological polar surface area (TPSA) is 80.2 Å². The molecule has 3 aromatic rings. The van der Waals surface area contributed by atoms with Crippen molar-refractivity contribution in [2.75, 3.05) is 38.7 Å². The Hall–Kier alpha value is -3.34. The summed E-state index contributed by atoms with van der Waals surface area (Å²) < 4.78 is 5.47. The van der Waals surface area contributed by atoms with Crippen LogP contribution in [0.4, 0.5) is 5.82 Å². The third-order valence-electron chi connectivity index (χ3n) is 8.11. The first-order chi connectivity index (χ1) is 17.5. The molecule has 1 aliphatic carbocycles. The van der Waals surface area contributed by atoms with Crippen LogP contribution in [0.2, 0.25) is 0 Å². The van der Waals surface area contributed by atoms with Gasteiger partial charge in [-0.25, -0.2) is 9.97 Å². The first kappa shape index (κ1) is 23.1. The number of rotatable bonds is 3. The monoisotopic (exact) mass is 481 g/mol. The maximum absolute atomic E-state index is 13.0. The number of aryl methyl sites for hydroxylation is 1. The summed E-state index contributed by atoms with van der Waals surface area (Å²) in [5.74, 6) is 7.67. The minimum absolute atomic E-state index is 0.0735. The molecule has 0 radical (unpaired) electrons. The van der Waals surface area contributed by atoms with Gasteiger partial charge in [0, 0.05) is 60.7 Å². The minimum atomic E-state index is 0.0735. The summed E-state index contributed by atoms with van der Waals surface area (Å²) in [6.07, 6.45) is 9.66. The Bertz CT molecular complexity index is 1370. The summed E-state index contributed by atoms with van der Waals surface area (Å²) in [4.78, 5) is 28.9. The molecule has 36 heavy (non-hydrogen) atoms. The number of carbonyl (C=O) groups is 1. The van der Waals surface area contributed by atoms with E-state index in [1.54, 1.807) is 12.4 Å². The van der Waals surface area contributed by atoms with Gasteiger partial charge >= 0.3 is 0 Å². The summed E-state index contributed by atoms with van der Waals surface area (Å²) in [5, 5.41) is 4.93. The molecule has 3 aliphatic rings. The first-order valence-corrected chi connectivity index (χ1v) is 12.8. The highest BCUT2D eigenvalue weighted by Gasteiger charge is 2.60. The van der Waals surface area contributed by atoms with Crippen LogP contribution in [0.1, 0.15) is 54.1 Å². The Balaban J connectivity index is 1.22. The molecular weight excluding hydrogens is 450 g/mol. The summed E-state index contributed by atoms with van der Waals surface area (Å²) in [6.45, 7) is 5.66. The molecular formula is C29H31N5O2. The second-order valence-electron chi connectivity index (χ2n) is 10.6. The zero-order chi connectivity index (χ0) is 24.7. The highest BCUT2D eigenvalue weighted by molar-refractivity contribution is 5.97. The van der Waals surface area contributed by atoms with Crippen molar-refractivity contribution in [3.63, 3.8) is 0 Å². The molecule has 184 valence electrons. The Labute approximate surface area is 211 Å². The normalized spacial score (nSPS) is 24.0. The lowest BCUT2D eigenvalue weighted by Gasteiger charge is -2.21. The second kappa shape index (κ2) is 9.27. The summed E-state index contributed by atoms with van der Waals surface area (Å²) >= 11 is 0. The van der Waals surface area contributed by atoms with Crippen LogP contribution in [0.3, 0.4) is 0 Å². The molecule has 1 saturated carbocycles. The van der Waals surface area contributed by atoms with Gasteiger partial charge < -0.3 is 15.0 Å². The van der Waals surface area contributed by atoms with Gasteiger partial charge in [0.05, 0.1) is 5.56 Å². The fraction of sp³-hybridized carbons (Fsp3) is 0.448. The van der Waals surface area contributed by atoms with Gasteiger partial charge in [-0.15, -0.1) is 0 Å². The molecule has 7 nitrogen and oxygen atoms in total. The van der Waals surface area contributed by atoms with Crippen LogP contribution < -0.4 is 5.32 Å². The van der Waals surface area contributed by atoms with Gasteiger partial charge in [-0.2, -0.15) is 0 Å². The number of fused-ring (bicyclic) bond motifs is 1. The Morgan fingerprint density at radius 1 is 1.11 bits per heavy atom. The highest BCUT2D eigenvalue weighted by atomic mass is 16.5. The number of pyridine rings is 3. The van der Waals surface area contributed by atoms with Crippen molar-refractivity contribution in [2.24, 2.45) is 11.3 Å². The highest BCUT2D eigenvalue weighted by Crippen LogP contribution is 2.58. The number of anilines is 1. The molecule has 1 amide bonds. The van der Waals surface area contributed by atoms with Crippen molar-refractivity contribution >= 4 is 22.5 Å². The summed E-state index contributed by atoms with van der Waals surface area (Å²) in [7, 11) is 2.13. The van der Waals surface area contributed by atoms with Gasteiger partial charge in [0.15, 0.2) is 0 Å². The lowest BCUT2D eigenvalue weighted by molar-refractivity contribution is -0.118. The minimum Gasteiger partial charge on any atom is -0.381 e. The van der Waals surface area contributed by atoms with Crippen molar-refractivity contribution in [3.05, 3.63) is 59.3 Å². The fourth-order valence-corrected chi connectivity index (χ4v) is 5.81. The molecule has 0 aromatic carbocycles. The summed E-state index contributed by atoms with van der Waals surface area (Å²) in [6, 6.07) is 6.03. The number of hydrogen-bond acceptors (Lipinski definition) is 6. The van der Waals surface area contributed by atoms with Crippen molar-refractivity contribution in [3.8, 4) is 11.8 Å². The molecule has 1 N–H and O–H groups in total. The molecule has 2 saturated heterocycles. The zero-order valence-corrected chi connectivity index (χ0v) is 20.9. The average molecular weight is 482 g/mol. The quantitative estimate of drug-likeness (QED) is 0.572. The number of amides is 1. The molecule has 3 aromatic heterocycles. The average Bonchev–Trinajstić information content (AvgIpc) is 3.49. The molecule has 1 spiro atoms. The van der Waals surface area contributed by atoms with E-state index in [2.05, 4.69) is 50.1 Å². The van der Waals surface area contributed by atoms with Gasteiger partial charge in [-0.3, -0.25) is 9.78 Å². The smallest absolute Gasteiger partial charge is 0.229 e. The Morgan fingerprint density at radius 2 is 1.97 bits per heavy atom. The lowest BCUT2D eigenvalue weighted by atomic mass is 9.93. The van der Waals surface area contributed by atoms with Crippen LogP contribution in [-0.2, 0) is 9.53 Å². The van der Waals surface area contributed by atoms with Gasteiger partial charge in [-0.1, -0.05) is 12.0 Å². The number of likely N-dealkylation sites (tertiary alicyclic amines) is 1. The van der Waals surface area contributed by atoms with E-state index in [0.717, 1.165) is 79.7 Å². The maximum Gasteiger partial charge on any atom is 0.229 e. The second-order valence-corrected chi connectivity index (χ2v) is 10.6. The number of ether oxygens (including phenoxy) is 1. The Kier molecular flexibility index (Phi) is 5.94. The van der Waals surface area contributed by atoms with Gasteiger partial charge in [0.1, 0.15) is 11.5 Å². The van der Waals surface area contributed by atoms with E-state index in [-0.39, 0.29) is 17.2 Å². The molecule has 2 atom stereocenters. The Morgan fingerprint density at radius 3 is 2.72 bits per heavy atom. The van der Waals surface area contributed by atoms with Crippen molar-refractivity contribution in [1.82, 2.24) is 19.9 Å². The fourth-order valence-electron chi connectivity index (χ4n) is 5.81. The summed E-state index contributed by atoms with van der Waals surface area (Å²) in [5.41, 5.74) is 3.82. The SMILES string of the molecule is Cc1ncc(C#Cc2ccc(C3CCOCC3)cn2)c2cc(NC(=O)[C@@H]3C[C@@]34CCN(C)C4)ncc12. The molecule has 3 fully saturated rings. The van der Waals surface area contributed by atoms with Crippen molar-refractivity contribution < 1.29 is 9.53 Å². The van der Waals surface area contributed by atoms with Crippen LogP contribution in [0.25, 0.3) is 10.8 Å². The van der Waals surface area contributed by atoms with Crippen LogP contribution in [-0.4, -0.2) is 59.1 Å². The van der Waals surface area contributed by atoms with E-state index in [4.69, 9.17) is 4.74 Å². The number of aromatic nitrogens is 3. The van der Waals surface area contributed by atoms with Crippen LogP contribution in [0, 0.1) is 30.1 Å². The number of carbonyl (C=O) groups excluding carboxylic acids is 1. The largest absolute Gasteiger partial charge is 0.381 e. The van der Waals surface area contributed by atoms with Crippen LogP contribution in [0.5, 0.6) is 0 Å². The predicted octanol–water partition coefficient (Wildman–Crippen LogP) is 3.91. The molecule has 5 heterocycles. The first-order valence-electron chi connectivity index (χ1n) is 12.8. The van der Waals surface area contributed by atoms with Gasteiger partial charge in [0.2, 0.25) is 5.91 Å². The van der Waals surface area contributed by atoms with Crippen LogP contribution >= 0.6 is 0 Å². The molecule has 2 aliphatic heterocycles. The maximum atomic E-state index is 13.0. The number of nitrogens with one attached hydrogen (secondary N) is 1. The zero-order valence-electron chi connectivity index (χ0n) is 20.9.